The van der Waals surface area contributed by atoms with Crippen molar-refractivity contribution in [1.29, 1.82) is 0 Å². The van der Waals surface area contributed by atoms with E-state index < -0.39 is 94.7 Å². The van der Waals surface area contributed by atoms with Crippen LogP contribution in [-0.4, -0.2) is 218 Å². The summed E-state index contributed by atoms with van der Waals surface area (Å²) in [5, 5.41) is 97.9. The van der Waals surface area contributed by atoms with Crippen molar-refractivity contribution in [2.75, 3.05) is 41.9 Å². The third-order valence-corrected chi connectivity index (χ3v) is 29.3. The molecule has 634 valence electrons. The fraction of sp³-hybridized carbons (Fsp3) is 0.448. The number of hydrogen-bond donors (Lipinski definition) is 12. The van der Waals surface area contributed by atoms with Gasteiger partial charge < -0.3 is 80.4 Å². The monoisotopic (exact) mass is 1730 g/mol. The molecule has 0 amide bonds. The van der Waals surface area contributed by atoms with Crippen molar-refractivity contribution < 1.29 is 60.0 Å². The molecular formula is C87H90N20O12S4. The van der Waals surface area contributed by atoms with Gasteiger partial charge in [-0.2, -0.15) is 0 Å². The van der Waals surface area contributed by atoms with E-state index >= 15 is 0 Å². The molecule has 0 aliphatic heterocycles. The molecule has 0 radical (unpaired) electrons. The Bertz CT molecular complexity index is 6380. The second kappa shape index (κ2) is 31.8. The minimum atomic E-state index is -1.09. The Kier molecular flexibility index (Phi) is 21.8. The van der Waals surface area contributed by atoms with Crippen molar-refractivity contribution in [3.8, 4) is 47.4 Å². The Balaban J connectivity index is 0.000000116. The van der Waals surface area contributed by atoms with Gasteiger partial charge in [-0.25, -0.2) is 59.8 Å². The first-order chi connectivity index (χ1) is 58.8. The van der Waals surface area contributed by atoms with Gasteiger partial charge in [0.05, 0.1) is 115 Å². The maximum absolute atomic E-state index is 12.2. The number of carbonyl (C=O) groups excluding carboxylic acids is 4. The molecule has 0 saturated heterocycles. The molecule has 20 atom stereocenters. The second-order valence-corrected chi connectivity index (χ2v) is 38.3. The number of anilines is 4. The minimum absolute atomic E-state index is 0.0864. The van der Waals surface area contributed by atoms with Crippen LogP contribution in [0.5, 0.6) is 0 Å². The van der Waals surface area contributed by atoms with E-state index in [1.807, 2.05) is 97.0 Å². The Morgan fingerprint density at radius 3 is 0.854 bits per heavy atom. The number of Topliss-reactive ketones (excluding diaryl/α,β-unsaturated/α-hetero) is 4. The molecule has 123 heavy (non-hydrogen) atoms. The summed E-state index contributed by atoms with van der Waals surface area (Å²) in [5.74, 6) is 27.1. The molecule has 12 N–H and O–H groups in total. The van der Waals surface area contributed by atoms with Gasteiger partial charge in [0.25, 0.3) is 0 Å². The number of aryl methyl sites for hydroxylation is 4. The van der Waals surface area contributed by atoms with Crippen molar-refractivity contribution >= 4 is 136 Å². The number of aromatic nitrogens is 16. The third kappa shape index (κ3) is 14.2. The van der Waals surface area contributed by atoms with Crippen molar-refractivity contribution in [3.63, 3.8) is 0 Å². The standard InChI is InChI=1S/C23H25N5O3S.C22H23N5O3S.2C21H21N5O3S/c1-11(2)25-21-17-22(27-16(26-21)8-7-14-6-5-12(3)32-14)28(10-24-17)18-15-9-23(15,13(4)29)20(31)19(18)30;1-4-23-20-16-21(26-15(25-20)8-7-13-6-5-11(2)31-13)27(10-24-16)17-14-9-22(14,12(3)28)19(30)18(17)29;2*1-10-4-5-12(30-10)6-7-14-24-19(22-3)15-20(25-14)26(9-23-15)16-13-8-21(13,11(2)27)18(29)17(16)28/h5-6,10-11,15,18-20,30-31H,9H2,1-4H3,(H,25,26,27);5-6,10,14,17-19,29-30H,4,9H2,1-3H3,(H,23,25,26);2*4-5,9,13,16-18,28-29H,8H2,1-3H3,(H,22,24,25)/t15?,18-,19+,20?,23+;14?,17-,18+,19?,22+;2*13?,16-,17+,18?,21+/m1111/s1. The Hall–Kier alpha value is -11.2. The molecule has 36 heteroatoms. The van der Waals surface area contributed by atoms with Crippen molar-refractivity contribution in [2.45, 2.75) is 181 Å². The molecule has 12 aromatic rings. The lowest BCUT2D eigenvalue weighted by Gasteiger charge is -2.23. The SMILES string of the molecule is CC(=O)[C@@]12CC1[C@@H](n1cnc3c(NC(C)C)nc(C#Cc4ccc(C)s4)nc31)[C@H](O)C2O.CCNc1nc(C#Cc2ccc(C)s2)nc2c1ncn2[C@@H]1C2C[C@@]2(C(C)=O)C(O)[C@H]1O.CNc1nc(C#Cc2ccc(C)s2)nc2c1ncn2[C@@H]1C2C[C@@]2(C(C)=O)C(O)[C@H]1O.CNc1nc(C#Cc2ccc(C)s2)nc2c1ncn2[C@@H]1C2C[C@@]2(C(C)=O)C(O)[C@H]1O. The number of fused-ring (bicyclic) bond motifs is 8. The van der Waals surface area contributed by atoms with Crippen LogP contribution in [0.4, 0.5) is 23.3 Å². The first-order valence-electron chi connectivity index (χ1n) is 40.5. The highest BCUT2D eigenvalue weighted by atomic mass is 32.1. The van der Waals surface area contributed by atoms with Crippen LogP contribution in [0.3, 0.4) is 0 Å². The first kappa shape index (κ1) is 84.0. The molecule has 8 aliphatic carbocycles. The van der Waals surface area contributed by atoms with Crippen molar-refractivity contribution in [2.24, 2.45) is 45.3 Å². The van der Waals surface area contributed by atoms with Gasteiger partial charge in [-0.1, -0.05) is 0 Å². The van der Waals surface area contributed by atoms with Crippen LogP contribution in [0.25, 0.3) is 44.7 Å². The number of imidazole rings is 4. The first-order valence-corrected chi connectivity index (χ1v) is 43.7. The summed E-state index contributed by atoms with van der Waals surface area (Å²) in [6.07, 6.45) is -0.0169. The van der Waals surface area contributed by atoms with Gasteiger partial charge in [0, 0.05) is 46.2 Å². The van der Waals surface area contributed by atoms with Crippen molar-refractivity contribution in [1.82, 2.24) is 78.1 Å². The predicted octanol–water partition coefficient (Wildman–Crippen LogP) is 7.21. The Morgan fingerprint density at radius 1 is 0.390 bits per heavy atom. The number of nitrogens with one attached hydrogen (secondary N) is 4. The summed E-state index contributed by atoms with van der Waals surface area (Å²) < 4.78 is 7.07. The number of aliphatic hydroxyl groups excluding tert-OH is 8. The zero-order valence-corrected chi connectivity index (χ0v) is 72.5. The molecule has 12 aromatic heterocycles. The molecule has 8 saturated carbocycles. The van der Waals surface area contributed by atoms with Gasteiger partial charge in [-0.3, -0.25) is 19.2 Å². The Labute approximate surface area is 721 Å². The Morgan fingerprint density at radius 2 is 0.634 bits per heavy atom. The van der Waals surface area contributed by atoms with Crippen LogP contribution >= 0.6 is 45.3 Å². The summed E-state index contributed by atoms with van der Waals surface area (Å²) >= 11 is 6.41. The van der Waals surface area contributed by atoms with Gasteiger partial charge in [-0.05, 0) is 221 Å². The van der Waals surface area contributed by atoms with E-state index in [4.69, 9.17) is 0 Å². The van der Waals surface area contributed by atoms with Gasteiger partial charge >= 0.3 is 0 Å². The average Bonchev–Trinajstić information content (AvgIpc) is 1.53. The van der Waals surface area contributed by atoms with E-state index in [0.29, 0.717) is 123 Å². The maximum atomic E-state index is 12.2. The summed E-state index contributed by atoms with van der Waals surface area (Å²) in [7, 11) is 3.49. The number of ketones is 4. The van der Waals surface area contributed by atoms with E-state index in [0.717, 1.165) is 19.5 Å². The summed E-state index contributed by atoms with van der Waals surface area (Å²) in [4.78, 5) is 112. The molecule has 0 aromatic carbocycles. The highest BCUT2D eigenvalue weighted by Gasteiger charge is 2.77. The number of rotatable bonds is 14. The fourth-order valence-corrected chi connectivity index (χ4v) is 22.2. The lowest BCUT2D eigenvalue weighted by Crippen LogP contribution is -2.36. The van der Waals surface area contributed by atoms with Gasteiger partial charge in [-0.15, -0.1) is 45.3 Å². The quantitative estimate of drug-likeness (QED) is 0.0478. The fourth-order valence-electron chi connectivity index (χ4n) is 19.3. The van der Waals surface area contributed by atoms with Gasteiger partial charge in [0.1, 0.15) is 47.5 Å². The molecule has 32 nitrogen and oxygen atoms in total. The van der Waals surface area contributed by atoms with Gasteiger partial charge in [0.15, 0.2) is 67.9 Å². The number of aliphatic hydroxyl groups is 8. The van der Waals surface area contributed by atoms with E-state index in [2.05, 4.69) is 128 Å². The zero-order valence-electron chi connectivity index (χ0n) is 69.3. The highest BCUT2D eigenvalue weighted by molar-refractivity contribution is 7.13. The predicted molar refractivity (Wildman–Crippen MR) is 463 cm³/mol. The minimum Gasteiger partial charge on any atom is -0.389 e. The maximum Gasteiger partial charge on any atom is 0.209 e. The zero-order chi connectivity index (χ0) is 87.1. The number of carbonyl (C=O) groups is 4. The third-order valence-electron chi connectivity index (χ3n) is 25.7. The lowest BCUT2D eigenvalue weighted by atomic mass is 9.95. The van der Waals surface area contributed by atoms with Crippen LogP contribution in [0.2, 0.25) is 0 Å². The molecule has 0 bridgehead atoms. The molecule has 8 unspecified atom stereocenters. The van der Waals surface area contributed by atoms with Gasteiger partial charge in [0.2, 0.25) is 23.3 Å². The average molecular weight is 1740 g/mol. The van der Waals surface area contributed by atoms with E-state index in [9.17, 15) is 60.0 Å². The molecule has 20 rings (SSSR count). The molecular weight excluding hydrogens is 1650 g/mol. The molecule has 8 fully saturated rings. The highest BCUT2D eigenvalue weighted by Crippen LogP contribution is 2.71. The van der Waals surface area contributed by atoms with Crippen LogP contribution in [0, 0.1) is 120 Å². The largest absolute Gasteiger partial charge is 0.389 e. The van der Waals surface area contributed by atoms with Crippen LogP contribution in [0.1, 0.15) is 161 Å². The van der Waals surface area contributed by atoms with E-state index in [-0.39, 0.29) is 52.8 Å². The summed E-state index contributed by atoms with van der Waals surface area (Å²) in [5.41, 5.74) is 0.878. The summed E-state index contributed by atoms with van der Waals surface area (Å²) in [6.45, 7) is 20.7. The molecule has 8 aliphatic rings. The summed E-state index contributed by atoms with van der Waals surface area (Å²) in [6, 6.07) is 14.1. The lowest BCUT2D eigenvalue weighted by molar-refractivity contribution is -0.128. The smallest absolute Gasteiger partial charge is 0.209 e. The number of nitrogens with zero attached hydrogens (tertiary/aromatic N) is 16. The number of hydrogen-bond acceptors (Lipinski definition) is 32. The van der Waals surface area contributed by atoms with E-state index in [1.54, 1.807) is 103 Å². The van der Waals surface area contributed by atoms with Crippen molar-refractivity contribution in [3.05, 3.63) is 136 Å². The van der Waals surface area contributed by atoms with Crippen LogP contribution in [-0.2, 0) is 19.2 Å². The molecule has 12 heterocycles. The second-order valence-electron chi connectivity index (χ2n) is 33.2. The number of thiophene rings is 4. The van der Waals surface area contributed by atoms with Crippen LogP contribution in [0.15, 0.2) is 73.8 Å². The normalized spacial score (nSPS) is 29.0. The van der Waals surface area contributed by atoms with Crippen LogP contribution < -0.4 is 21.3 Å². The van der Waals surface area contributed by atoms with E-state index in [1.165, 1.54) is 47.2 Å². The molecule has 0 spiro atoms. The topological polar surface area (TPSA) is 453 Å².